The van der Waals surface area contributed by atoms with Gasteiger partial charge in [0.25, 0.3) is 0 Å². The van der Waals surface area contributed by atoms with Crippen LogP contribution in [0.3, 0.4) is 0 Å². The molecule has 1 heterocycles. The first kappa shape index (κ1) is 21.1. The van der Waals surface area contributed by atoms with E-state index in [2.05, 4.69) is 21.6 Å². The smallest absolute Gasteiger partial charge is 0.245 e. The summed E-state index contributed by atoms with van der Waals surface area (Å²) in [4.78, 5) is 4.36. The van der Waals surface area contributed by atoms with Gasteiger partial charge in [0.15, 0.2) is 0 Å². The van der Waals surface area contributed by atoms with Gasteiger partial charge in [-0.15, -0.1) is 0 Å². The molecule has 7 heteroatoms. The SMILES string of the molecule is Cc1ccc(/C=N\Nc2ccc(S(=O)(=O)N(C(C)C)C(C)C)cn2)c(C)c1. The molecule has 0 aliphatic carbocycles. The van der Waals surface area contributed by atoms with E-state index in [1.807, 2.05) is 53.7 Å². The highest BCUT2D eigenvalue weighted by molar-refractivity contribution is 7.89. The van der Waals surface area contributed by atoms with Crippen LogP contribution in [-0.4, -0.2) is 36.0 Å². The summed E-state index contributed by atoms with van der Waals surface area (Å²) in [7, 11) is -3.58. The molecule has 2 aromatic rings. The number of nitrogens with one attached hydrogen (secondary N) is 1. The van der Waals surface area contributed by atoms with Crippen molar-refractivity contribution in [2.75, 3.05) is 5.43 Å². The molecule has 0 radical (unpaired) electrons. The fourth-order valence-electron chi connectivity index (χ4n) is 3.01. The minimum atomic E-state index is -3.58. The first-order chi connectivity index (χ1) is 12.6. The van der Waals surface area contributed by atoms with E-state index >= 15 is 0 Å². The third kappa shape index (κ3) is 5.14. The Kier molecular flexibility index (Phi) is 6.73. The van der Waals surface area contributed by atoms with Crippen LogP contribution in [0.1, 0.15) is 44.4 Å². The van der Waals surface area contributed by atoms with Gasteiger partial charge in [-0.3, -0.25) is 5.43 Å². The topological polar surface area (TPSA) is 74.7 Å². The van der Waals surface area contributed by atoms with E-state index in [1.165, 1.54) is 16.1 Å². The van der Waals surface area contributed by atoms with Crippen LogP contribution in [-0.2, 0) is 10.0 Å². The first-order valence-corrected chi connectivity index (χ1v) is 10.4. The molecule has 0 aliphatic rings. The molecule has 27 heavy (non-hydrogen) atoms. The minimum absolute atomic E-state index is 0.129. The summed E-state index contributed by atoms with van der Waals surface area (Å²) in [6, 6.07) is 9.03. The van der Waals surface area contributed by atoms with E-state index in [0.717, 1.165) is 11.1 Å². The normalized spacial score (nSPS) is 12.5. The van der Waals surface area contributed by atoms with Crippen molar-refractivity contribution in [2.24, 2.45) is 5.10 Å². The molecule has 0 bridgehead atoms. The quantitative estimate of drug-likeness (QED) is 0.576. The number of anilines is 1. The number of rotatable bonds is 7. The van der Waals surface area contributed by atoms with Gasteiger partial charge in [-0.1, -0.05) is 23.8 Å². The van der Waals surface area contributed by atoms with Gasteiger partial charge in [0.05, 0.1) is 6.21 Å². The molecule has 1 N–H and O–H groups in total. The average Bonchev–Trinajstić information content (AvgIpc) is 2.56. The lowest BCUT2D eigenvalue weighted by molar-refractivity contribution is 0.302. The highest BCUT2D eigenvalue weighted by Gasteiger charge is 2.29. The Hall–Kier alpha value is -2.25. The van der Waals surface area contributed by atoms with Crippen LogP contribution in [0.15, 0.2) is 46.5 Å². The second-order valence-corrected chi connectivity index (χ2v) is 8.97. The lowest BCUT2D eigenvalue weighted by Gasteiger charge is -2.29. The van der Waals surface area contributed by atoms with Crippen LogP contribution in [0.4, 0.5) is 5.82 Å². The number of hydrogen-bond acceptors (Lipinski definition) is 5. The van der Waals surface area contributed by atoms with Gasteiger partial charge >= 0.3 is 0 Å². The molecule has 1 aromatic heterocycles. The Morgan fingerprint density at radius 2 is 1.74 bits per heavy atom. The highest BCUT2D eigenvalue weighted by Crippen LogP contribution is 2.21. The molecule has 0 amide bonds. The largest absolute Gasteiger partial charge is 0.261 e. The Labute approximate surface area is 162 Å². The van der Waals surface area contributed by atoms with E-state index in [1.54, 1.807) is 18.3 Å². The summed E-state index contributed by atoms with van der Waals surface area (Å²) in [5, 5.41) is 4.19. The summed E-state index contributed by atoms with van der Waals surface area (Å²) < 4.78 is 27.1. The molecule has 0 aliphatic heterocycles. The molecule has 2 rings (SSSR count). The summed E-state index contributed by atoms with van der Waals surface area (Å²) in [5.41, 5.74) is 6.19. The first-order valence-electron chi connectivity index (χ1n) is 8.99. The second kappa shape index (κ2) is 8.63. The maximum Gasteiger partial charge on any atom is 0.245 e. The summed E-state index contributed by atoms with van der Waals surface area (Å²) in [6.45, 7) is 11.5. The zero-order valence-electron chi connectivity index (χ0n) is 16.8. The fourth-order valence-corrected chi connectivity index (χ4v) is 4.79. The lowest BCUT2D eigenvalue weighted by atomic mass is 10.1. The molecule has 0 atom stereocenters. The Bertz CT molecular complexity index is 896. The number of nitrogens with zero attached hydrogens (tertiary/aromatic N) is 3. The number of benzene rings is 1. The van der Waals surface area contributed by atoms with Crippen molar-refractivity contribution in [2.45, 2.75) is 58.5 Å². The summed E-state index contributed by atoms with van der Waals surface area (Å²) >= 11 is 0. The van der Waals surface area contributed by atoms with Gasteiger partial charge < -0.3 is 0 Å². The summed E-state index contributed by atoms with van der Waals surface area (Å²) in [6.07, 6.45) is 3.09. The Balaban J connectivity index is 2.14. The van der Waals surface area contributed by atoms with E-state index < -0.39 is 10.0 Å². The third-order valence-corrected chi connectivity index (χ3v) is 6.37. The van der Waals surface area contributed by atoms with E-state index in [0.29, 0.717) is 5.82 Å². The van der Waals surface area contributed by atoms with Crippen LogP contribution in [0.2, 0.25) is 0 Å². The Morgan fingerprint density at radius 3 is 2.26 bits per heavy atom. The monoisotopic (exact) mass is 388 g/mol. The molecular weight excluding hydrogens is 360 g/mol. The molecule has 0 fully saturated rings. The number of hydrogen-bond donors (Lipinski definition) is 1. The van der Waals surface area contributed by atoms with Crippen molar-refractivity contribution >= 4 is 22.1 Å². The van der Waals surface area contributed by atoms with Crippen molar-refractivity contribution < 1.29 is 8.42 Å². The van der Waals surface area contributed by atoms with E-state index in [4.69, 9.17) is 0 Å². The standard InChI is InChI=1S/C20H28N4O2S/c1-14(2)24(15(3)4)27(25,26)19-9-10-20(21-13-19)23-22-12-18-8-7-16(5)11-17(18)6/h7-15H,1-6H3,(H,21,23)/b22-12-. The Morgan fingerprint density at radius 1 is 1.07 bits per heavy atom. The maximum absolute atomic E-state index is 12.8. The zero-order chi connectivity index (χ0) is 20.2. The van der Waals surface area contributed by atoms with Crippen LogP contribution in [0, 0.1) is 13.8 Å². The number of pyridine rings is 1. The number of sulfonamides is 1. The van der Waals surface area contributed by atoms with Gasteiger partial charge in [-0.25, -0.2) is 13.4 Å². The molecule has 0 spiro atoms. The highest BCUT2D eigenvalue weighted by atomic mass is 32.2. The predicted octanol–water partition coefficient (Wildman–Crippen LogP) is 3.95. The summed E-state index contributed by atoms with van der Waals surface area (Å²) in [5.74, 6) is 0.482. The van der Waals surface area contributed by atoms with Crippen molar-refractivity contribution in [3.63, 3.8) is 0 Å². The van der Waals surface area contributed by atoms with Crippen molar-refractivity contribution in [1.82, 2.24) is 9.29 Å². The van der Waals surface area contributed by atoms with Gasteiger partial charge in [0, 0.05) is 18.3 Å². The van der Waals surface area contributed by atoms with Crippen LogP contribution in [0.5, 0.6) is 0 Å². The molecule has 6 nitrogen and oxygen atoms in total. The van der Waals surface area contributed by atoms with Crippen molar-refractivity contribution in [3.05, 3.63) is 53.2 Å². The molecule has 0 saturated carbocycles. The zero-order valence-corrected chi connectivity index (χ0v) is 17.6. The molecule has 1 aromatic carbocycles. The van der Waals surface area contributed by atoms with E-state index in [9.17, 15) is 8.42 Å². The van der Waals surface area contributed by atoms with Gasteiger partial charge in [-0.2, -0.15) is 9.41 Å². The molecule has 0 saturated heterocycles. The van der Waals surface area contributed by atoms with Gasteiger partial charge in [0.1, 0.15) is 10.7 Å². The number of aryl methyl sites for hydroxylation is 2. The number of hydrazone groups is 1. The molecule has 0 unspecified atom stereocenters. The van der Waals surface area contributed by atoms with Crippen LogP contribution >= 0.6 is 0 Å². The predicted molar refractivity (Wildman–Crippen MR) is 111 cm³/mol. The number of aromatic nitrogens is 1. The van der Waals surface area contributed by atoms with Gasteiger partial charge in [-0.05, 0) is 64.8 Å². The van der Waals surface area contributed by atoms with Crippen molar-refractivity contribution in [1.29, 1.82) is 0 Å². The second-order valence-electron chi connectivity index (χ2n) is 7.13. The molecular formula is C20H28N4O2S. The van der Waals surface area contributed by atoms with Gasteiger partial charge in [0.2, 0.25) is 10.0 Å². The van der Waals surface area contributed by atoms with Crippen LogP contribution in [0.25, 0.3) is 0 Å². The van der Waals surface area contributed by atoms with Crippen molar-refractivity contribution in [3.8, 4) is 0 Å². The minimum Gasteiger partial charge on any atom is -0.261 e. The van der Waals surface area contributed by atoms with Crippen LogP contribution < -0.4 is 5.43 Å². The third-order valence-electron chi connectivity index (χ3n) is 4.14. The lowest BCUT2D eigenvalue weighted by Crippen LogP contribution is -2.41. The fraction of sp³-hybridized carbons (Fsp3) is 0.400. The maximum atomic E-state index is 12.8. The molecule has 146 valence electrons. The van der Waals surface area contributed by atoms with E-state index in [-0.39, 0.29) is 17.0 Å². The average molecular weight is 389 g/mol.